The van der Waals surface area contributed by atoms with Crippen molar-refractivity contribution < 1.29 is 13.2 Å². The molecule has 1 aromatic carbocycles. The first-order chi connectivity index (χ1) is 12.1. The monoisotopic (exact) mass is 375 g/mol. The number of nitriles is 1. The summed E-state index contributed by atoms with van der Waals surface area (Å²) in [6, 6.07) is 7.52. The second kappa shape index (κ2) is 7.92. The van der Waals surface area contributed by atoms with Crippen molar-refractivity contribution >= 4 is 21.4 Å². The number of carbonyl (C=O) groups excluding carboxylic acids is 1. The van der Waals surface area contributed by atoms with Gasteiger partial charge >= 0.3 is 0 Å². The number of anilines is 1. The van der Waals surface area contributed by atoms with Crippen LogP contribution in [0.25, 0.3) is 0 Å². The van der Waals surface area contributed by atoms with Crippen LogP contribution in [0.2, 0.25) is 0 Å². The van der Waals surface area contributed by atoms with Crippen molar-refractivity contribution in [2.45, 2.75) is 39.2 Å². The quantitative estimate of drug-likeness (QED) is 0.631. The first kappa shape index (κ1) is 20.0. The van der Waals surface area contributed by atoms with Gasteiger partial charge in [-0.25, -0.2) is 8.42 Å². The summed E-state index contributed by atoms with van der Waals surface area (Å²) in [5.74, 6) is -0.0666. The molecule has 7 heteroatoms. The second-order valence-corrected chi connectivity index (χ2v) is 9.25. The van der Waals surface area contributed by atoms with Crippen molar-refractivity contribution in [3.8, 4) is 6.07 Å². The zero-order chi connectivity index (χ0) is 19.5. The van der Waals surface area contributed by atoms with Crippen LogP contribution in [0.15, 0.2) is 30.0 Å². The van der Waals surface area contributed by atoms with Crippen LogP contribution in [0, 0.1) is 18.3 Å². The molecular formula is C19H25N3O3S. The number of nitrogens with zero attached hydrogens (tertiary/aromatic N) is 2. The number of amides is 1. The van der Waals surface area contributed by atoms with Crippen LogP contribution in [0.5, 0.6) is 0 Å². The minimum atomic E-state index is -3.03. The van der Waals surface area contributed by atoms with Crippen LogP contribution < -0.4 is 5.32 Å². The van der Waals surface area contributed by atoms with Gasteiger partial charge in [-0.05, 0) is 30.4 Å². The Bertz CT molecular complexity index is 867. The average molecular weight is 375 g/mol. The van der Waals surface area contributed by atoms with Crippen molar-refractivity contribution in [2.75, 3.05) is 23.9 Å². The van der Waals surface area contributed by atoms with Gasteiger partial charge in [-0.1, -0.05) is 32.0 Å². The molecule has 0 radical (unpaired) electrons. The molecule has 2 rings (SSSR count). The maximum atomic E-state index is 12.6. The summed E-state index contributed by atoms with van der Waals surface area (Å²) in [4.78, 5) is 14.3. The van der Waals surface area contributed by atoms with Gasteiger partial charge in [0.25, 0.3) is 5.91 Å². The van der Waals surface area contributed by atoms with Crippen molar-refractivity contribution in [3.05, 3.63) is 41.1 Å². The van der Waals surface area contributed by atoms with Gasteiger partial charge in [-0.2, -0.15) is 5.26 Å². The minimum Gasteiger partial charge on any atom is -0.375 e. The van der Waals surface area contributed by atoms with E-state index in [-0.39, 0.29) is 29.0 Å². The number of carbonyl (C=O) groups is 1. The fourth-order valence-corrected chi connectivity index (χ4v) is 4.85. The molecule has 0 saturated carbocycles. The Hall–Kier alpha value is -2.33. The number of sulfone groups is 1. The Labute approximate surface area is 155 Å². The minimum absolute atomic E-state index is 0.0465. The van der Waals surface area contributed by atoms with E-state index in [4.69, 9.17) is 0 Å². The number of para-hydroxylation sites is 1. The summed E-state index contributed by atoms with van der Waals surface area (Å²) in [5.41, 5.74) is 2.61. The molecule has 0 aromatic heterocycles. The first-order valence-corrected chi connectivity index (χ1v) is 10.4. The van der Waals surface area contributed by atoms with Crippen molar-refractivity contribution in [1.82, 2.24) is 4.90 Å². The number of rotatable bonds is 5. The van der Waals surface area contributed by atoms with Crippen LogP contribution >= 0.6 is 0 Å². The molecule has 0 aliphatic carbocycles. The lowest BCUT2D eigenvalue weighted by Gasteiger charge is -2.22. The molecule has 1 fully saturated rings. The van der Waals surface area contributed by atoms with E-state index in [2.05, 4.69) is 5.32 Å². The fourth-order valence-electron chi connectivity index (χ4n) is 3.07. The number of aryl methyl sites for hydroxylation is 1. The largest absolute Gasteiger partial charge is 0.375 e. The summed E-state index contributed by atoms with van der Waals surface area (Å²) in [5, 5.41) is 12.2. The molecular weight excluding hydrogens is 350 g/mol. The lowest BCUT2D eigenvalue weighted by Crippen LogP contribution is -2.29. The normalized spacial score (nSPS) is 19.2. The van der Waals surface area contributed by atoms with E-state index in [0.29, 0.717) is 6.42 Å². The smallest absolute Gasteiger partial charge is 0.267 e. The van der Waals surface area contributed by atoms with E-state index in [0.717, 1.165) is 16.8 Å². The van der Waals surface area contributed by atoms with E-state index >= 15 is 0 Å². The number of hydrogen-bond acceptors (Lipinski definition) is 5. The third kappa shape index (κ3) is 4.64. The van der Waals surface area contributed by atoms with Gasteiger partial charge in [0.2, 0.25) is 0 Å². The molecule has 1 N–H and O–H groups in total. The maximum Gasteiger partial charge on any atom is 0.267 e. The van der Waals surface area contributed by atoms with Gasteiger partial charge in [0.1, 0.15) is 11.6 Å². The molecule has 26 heavy (non-hydrogen) atoms. The Morgan fingerprint density at radius 1 is 1.42 bits per heavy atom. The summed E-state index contributed by atoms with van der Waals surface area (Å²) in [7, 11) is -1.33. The topological polar surface area (TPSA) is 90.3 Å². The molecule has 1 amide bonds. The van der Waals surface area contributed by atoms with Crippen molar-refractivity contribution in [1.29, 1.82) is 5.26 Å². The molecule has 6 nitrogen and oxygen atoms in total. The number of nitrogens with one attached hydrogen (secondary N) is 1. The third-order valence-corrected chi connectivity index (χ3v) is 6.40. The van der Waals surface area contributed by atoms with E-state index in [1.54, 1.807) is 11.9 Å². The SMILES string of the molecule is Cc1cccc(C(C)C)c1NC(=O)/C(C#N)=C\N(C)C1CCS(=O)(=O)C1. The van der Waals surface area contributed by atoms with Crippen molar-refractivity contribution in [3.63, 3.8) is 0 Å². The lowest BCUT2D eigenvalue weighted by molar-refractivity contribution is -0.112. The predicted octanol–water partition coefficient (Wildman–Crippen LogP) is 2.58. The Balaban J connectivity index is 2.21. The summed E-state index contributed by atoms with van der Waals surface area (Å²) in [6.45, 7) is 5.99. The van der Waals surface area contributed by atoms with E-state index in [1.165, 1.54) is 6.20 Å². The molecule has 0 spiro atoms. The Kier molecular flexibility index (Phi) is 6.09. The molecule has 1 unspecified atom stereocenters. The van der Waals surface area contributed by atoms with E-state index in [1.807, 2.05) is 45.0 Å². The molecule has 0 bridgehead atoms. The standard InChI is InChI=1S/C19H25N3O3S/c1-13(2)17-7-5-6-14(3)18(17)21-19(23)15(10-20)11-22(4)16-8-9-26(24,25)12-16/h5-7,11,13,16H,8-9,12H2,1-4H3,(H,21,23)/b15-11-. The summed E-state index contributed by atoms with van der Waals surface area (Å²) in [6.07, 6.45) is 1.94. The molecule has 1 saturated heterocycles. The average Bonchev–Trinajstić information content (AvgIpc) is 2.94. The van der Waals surface area contributed by atoms with Gasteiger partial charge < -0.3 is 10.2 Å². The molecule has 1 aliphatic rings. The number of benzene rings is 1. The van der Waals surface area contributed by atoms with Crippen LogP contribution in [-0.4, -0.2) is 43.8 Å². The second-order valence-electron chi connectivity index (χ2n) is 7.02. The van der Waals surface area contributed by atoms with Crippen LogP contribution in [0.4, 0.5) is 5.69 Å². The first-order valence-electron chi connectivity index (χ1n) is 8.59. The van der Waals surface area contributed by atoms with E-state index in [9.17, 15) is 18.5 Å². The molecule has 1 aliphatic heterocycles. The number of hydrogen-bond donors (Lipinski definition) is 1. The Morgan fingerprint density at radius 3 is 2.65 bits per heavy atom. The summed E-state index contributed by atoms with van der Waals surface area (Å²) < 4.78 is 23.2. The highest BCUT2D eigenvalue weighted by Crippen LogP contribution is 2.28. The fraction of sp³-hybridized carbons (Fsp3) is 0.474. The zero-order valence-corrected chi connectivity index (χ0v) is 16.4. The molecule has 1 aromatic rings. The molecule has 1 heterocycles. The van der Waals surface area contributed by atoms with Gasteiger partial charge in [-0.3, -0.25) is 4.79 Å². The highest BCUT2D eigenvalue weighted by molar-refractivity contribution is 7.91. The molecule has 140 valence electrons. The highest BCUT2D eigenvalue weighted by atomic mass is 32.2. The lowest BCUT2D eigenvalue weighted by atomic mass is 9.98. The van der Waals surface area contributed by atoms with Crippen LogP contribution in [0.3, 0.4) is 0 Å². The maximum absolute atomic E-state index is 12.6. The highest BCUT2D eigenvalue weighted by Gasteiger charge is 2.30. The van der Waals surface area contributed by atoms with Crippen LogP contribution in [-0.2, 0) is 14.6 Å². The predicted molar refractivity (Wildman–Crippen MR) is 102 cm³/mol. The van der Waals surface area contributed by atoms with Crippen molar-refractivity contribution in [2.24, 2.45) is 0 Å². The van der Waals surface area contributed by atoms with E-state index < -0.39 is 15.7 Å². The van der Waals surface area contributed by atoms with Gasteiger partial charge in [0, 0.05) is 25.0 Å². The summed E-state index contributed by atoms with van der Waals surface area (Å²) >= 11 is 0. The van der Waals surface area contributed by atoms with Gasteiger partial charge in [0.05, 0.1) is 11.5 Å². The van der Waals surface area contributed by atoms with Gasteiger partial charge in [0.15, 0.2) is 9.84 Å². The third-order valence-electron chi connectivity index (χ3n) is 4.65. The molecule has 1 atom stereocenters. The zero-order valence-electron chi connectivity index (χ0n) is 15.6. The Morgan fingerprint density at radius 2 is 2.12 bits per heavy atom. The van der Waals surface area contributed by atoms with Crippen LogP contribution in [0.1, 0.15) is 37.3 Å². The van der Waals surface area contributed by atoms with Gasteiger partial charge in [-0.15, -0.1) is 0 Å².